The quantitative estimate of drug-likeness (QED) is 0.560. The van der Waals surface area contributed by atoms with Crippen molar-refractivity contribution in [3.8, 4) is 0 Å². The molecule has 0 aromatic heterocycles. The molecule has 0 unspecified atom stereocenters. The molecular formula is C9H8F6P+. The lowest BCUT2D eigenvalue weighted by Crippen LogP contribution is -2.40. The predicted molar refractivity (Wildman–Crippen MR) is 50.8 cm³/mol. The highest BCUT2D eigenvalue weighted by Gasteiger charge is 2.79. The van der Waals surface area contributed by atoms with Gasteiger partial charge in [0.15, 0.2) is 5.30 Å². The molecule has 1 rings (SSSR count). The van der Waals surface area contributed by atoms with E-state index in [4.69, 9.17) is 0 Å². The Morgan fingerprint density at radius 3 is 1.75 bits per heavy atom. The lowest BCUT2D eigenvalue weighted by atomic mass is 10.4. The lowest BCUT2D eigenvalue weighted by molar-refractivity contribution is -0.148. The maximum atomic E-state index is 13.3. The summed E-state index contributed by atoms with van der Waals surface area (Å²) in [6, 6.07) is 5.01. The Kier molecular flexibility index (Phi) is 3.25. The first-order chi connectivity index (χ1) is 7.11. The summed E-state index contributed by atoms with van der Waals surface area (Å²) in [5, 5.41) is -1.03. The van der Waals surface area contributed by atoms with Crippen molar-refractivity contribution in [1.29, 1.82) is 0 Å². The van der Waals surface area contributed by atoms with Gasteiger partial charge in [-0.25, -0.2) is 0 Å². The van der Waals surface area contributed by atoms with Crippen molar-refractivity contribution >= 4 is 13.2 Å². The fourth-order valence-corrected chi connectivity index (χ4v) is 2.39. The second kappa shape index (κ2) is 3.91. The van der Waals surface area contributed by atoms with E-state index < -0.39 is 24.8 Å². The van der Waals surface area contributed by atoms with E-state index in [2.05, 4.69) is 0 Å². The van der Waals surface area contributed by atoms with Crippen molar-refractivity contribution in [3.05, 3.63) is 30.3 Å². The van der Waals surface area contributed by atoms with E-state index in [-0.39, 0.29) is 6.92 Å². The molecule has 0 nitrogen and oxygen atoms in total. The van der Waals surface area contributed by atoms with Gasteiger partial charge in [-0.15, -0.1) is 0 Å². The van der Waals surface area contributed by atoms with E-state index in [0.717, 1.165) is 24.3 Å². The lowest BCUT2D eigenvalue weighted by Gasteiger charge is -2.21. The van der Waals surface area contributed by atoms with Crippen molar-refractivity contribution < 1.29 is 26.0 Å². The molecule has 0 amide bonds. The average molecular weight is 261 g/mol. The summed E-state index contributed by atoms with van der Waals surface area (Å²) in [6.07, 6.45) is 0. The van der Waals surface area contributed by atoms with Crippen LogP contribution in [0.5, 0.6) is 0 Å². The largest absolute Gasteiger partial charge is 0.496 e. The topological polar surface area (TPSA) is 0 Å². The summed E-state index contributed by atoms with van der Waals surface area (Å²) in [6.45, 7) is -0.205. The fraction of sp³-hybridized carbons (Fsp3) is 0.333. The number of benzene rings is 1. The van der Waals surface area contributed by atoms with E-state index in [1.54, 1.807) is 0 Å². The van der Waals surface area contributed by atoms with Crippen LogP contribution in [0.25, 0.3) is 0 Å². The Morgan fingerprint density at radius 2 is 1.38 bits per heavy atom. The number of hydrogen-bond acceptors (Lipinski definition) is 0. The minimum atomic E-state index is -6.20. The predicted octanol–water partition coefficient (Wildman–Crippen LogP) is 4.35. The van der Waals surface area contributed by atoms with Crippen molar-refractivity contribution in [2.45, 2.75) is 18.5 Å². The van der Waals surface area contributed by atoms with Crippen molar-refractivity contribution in [1.82, 2.24) is 0 Å². The van der Waals surface area contributed by atoms with Crippen LogP contribution in [0, 0.1) is 0 Å². The van der Waals surface area contributed by atoms with Crippen LogP contribution in [0.4, 0.5) is 26.0 Å². The Bertz CT molecular complexity index is 356. The van der Waals surface area contributed by atoms with Gasteiger partial charge in [0.2, 0.25) is 0 Å². The van der Waals surface area contributed by atoms with Crippen molar-refractivity contribution in [2.24, 2.45) is 0 Å². The molecule has 0 saturated heterocycles. The molecule has 0 atom stereocenters. The summed E-state index contributed by atoms with van der Waals surface area (Å²) in [5.74, 6) is -4.75. The van der Waals surface area contributed by atoms with Crippen LogP contribution in [-0.2, 0) is 0 Å². The first kappa shape index (κ1) is 13.3. The molecule has 16 heavy (non-hydrogen) atoms. The molecular weight excluding hydrogens is 253 g/mol. The van der Waals surface area contributed by atoms with Crippen LogP contribution in [0.15, 0.2) is 30.3 Å². The van der Waals surface area contributed by atoms with Crippen LogP contribution < -0.4 is 5.30 Å². The Hall–Kier alpha value is -0.770. The van der Waals surface area contributed by atoms with Crippen LogP contribution in [0.3, 0.4) is 0 Å². The molecule has 7 heteroatoms. The smallest absolute Gasteiger partial charge is 0.195 e. The van der Waals surface area contributed by atoms with Gasteiger partial charge in [0.25, 0.3) is 0 Å². The standard InChI is InChI=1S/C9H8F6P/c1-8(10,11)9(12,13)16(14,15)7-5-3-2-4-6-7/h2-6H,1H3/q+1. The Morgan fingerprint density at radius 1 is 0.938 bits per heavy atom. The number of alkyl halides is 4. The molecule has 0 saturated carbocycles. The third-order valence-electron chi connectivity index (χ3n) is 1.96. The molecule has 0 fully saturated rings. The third-order valence-corrected chi connectivity index (χ3v) is 4.01. The highest BCUT2D eigenvalue weighted by Crippen LogP contribution is 2.76. The first-order valence-corrected chi connectivity index (χ1v) is 5.77. The molecule has 90 valence electrons. The molecule has 1 aromatic rings. The minimum Gasteiger partial charge on any atom is -0.195 e. The number of hydrogen-bond donors (Lipinski definition) is 0. The molecule has 0 N–H and O–H groups in total. The van der Waals surface area contributed by atoms with Gasteiger partial charge in [-0.2, -0.15) is 17.6 Å². The molecule has 1 aromatic carbocycles. The Balaban J connectivity index is 3.22. The van der Waals surface area contributed by atoms with Gasteiger partial charge in [0.1, 0.15) is 0 Å². The van der Waals surface area contributed by atoms with Gasteiger partial charge in [-0.3, -0.25) is 0 Å². The summed E-state index contributed by atoms with van der Waals surface area (Å²) in [7, 11) is -6.20. The van der Waals surface area contributed by atoms with E-state index in [1.807, 2.05) is 0 Å². The van der Waals surface area contributed by atoms with Crippen LogP contribution in [0.2, 0.25) is 0 Å². The molecule has 0 spiro atoms. The summed E-state index contributed by atoms with van der Waals surface area (Å²) < 4.78 is 77.5. The van der Waals surface area contributed by atoms with Crippen LogP contribution >= 0.6 is 7.88 Å². The van der Waals surface area contributed by atoms with Gasteiger partial charge < -0.3 is 0 Å². The van der Waals surface area contributed by atoms with Crippen molar-refractivity contribution in [3.63, 3.8) is 0 Å². The monoisotopic (exact) mass is 261 g/mol. The highest BCUT2D eigenvalue weighted by molar-refractivity contribution is 7.74. The molecule has 0 radical (unpaired) electrons. The molecule has 0 aliphatic heterocycles. The normalized spacial score (nSPS) is 13.9. The van der Waals surface area contributed by atoms with Gasteiger partial charge in [-0.05, 0) is 20.5 Å². The second-order valence-electron chi connectivity index (χ2n) is 3.28. The van der Waals surface area contributed by atoms with Gasteiger partial charge in [0, 0.05) is 6.92 Å². The zero-order valence-electron chi connectivity index (χ0n) is 8.10. The summed E-state index contributed by atoms with van der Waals surface area (Å²) in [5.41, 5.74) is -5.32. The van der Waals surface area contributed by atoms with Gasteiger partial charge in [-0.1, -0.05) is 18.2 Å². The first-order valence-electron chi connectivity index (χ1n) is 4.20. The zero-order chi connectivity index (χ0) is 12.6. The van der Waals surface area contributed by atoms with Gasteiger partial charge >= 0.3 is 19.5 Å². The van der Waals surface area contributed by atoms with E-state index >= 15 is 0 Å². The van der Waals surface area contributed by atoms with Crippen molar-refractivity contribution in [2.75, 3.05) is 0 Å². The number of rotatable bonds is 3. The maximum Gasteiger partial charge on any atom is 0.496 e. The summed E-state index contributed by atoms with van der Waals surface area (Å²) >= 11 is 0. The van der Waals surface area contributed by atoms with E-state index in [1.165, 1.54) is 6.07 Å². The number of halogens is 6. The SMILES string of the molecule is CC(F)(F)C(F)(F)[P+](F)(F)c1ccccc1. The molecule has 0 heterocycles. The molecule has 0 aliphatic rings. The maximum absolute atomic E-state index is 13.3. The van der Waals surface area contributed by atoms with E-state index in [9.17, 15) is 26.0 Å². The third kappa shape index (κ3) is 2.03. The Labute approximate surface area is 88.8 Å². The molecule has 0 aliphatic carbocycles. The van der Waals surface area contributed by atoms with Crippen LogP contribution in [0.1, 0.15) is 6.92 Å². The molecule has 0 bridgehead atoms. The fourth-order valence-electron chi connectivity index (χ4n) is 1.02. The highest BCUT2D eigenvalue weighted by atomic mass is 31.2. The summed E-state index contributed by atoms with van der Waals surface area (Å²) in [4.78, 5) is 0. The van der Waals surface area contributed by atoms with E-state index in [0.29, 0.717) is 0 Å². The van der Waals surface area contributed by atoms with Gasteiger partial charge in [0.05, 0.1) is 0 Å². The zero-order valence-corrected chi connectivity index (χ0v) is 9.00. The second-order valence-corrected chi connectivity index (χ2v) is 5.38. The average Bonchev–Trinajstić information content (AvgIpc) is 2.17. The minimum absolute atomic E-state index is 0.205. The van der Waals surface area contributed by atoms with Crippen LogP contribution in [-0.4, -0.2) is 11.6 Å².